The number of carbonyl (C=O) groups excluding carboxylic acids is 1. The Morgan fingerprint density at radius 1 is 1.50 bits per heavy atom. The van der Waals surface area contributed by atoms with E-state index in [2.05, 4.69) is 10.0 Å². The second-order valence-electron chi connectivity index (χ2n) is 3.10. The highest BCUT2D eigenvalue weighted by Crippen LogP contribution is 2.10. The van der Waals surface area contributed by atoms with E-state index in [-0.39, 0.29) is 0 Å². The van der Waals surface area contributed by atoms with Gasteiger partial charge in [-0.25, -0.2) is 0 Å². The molecule has 0 saturated carbocycles. The van der Waals surface area contributed by atoms with Crippen LogP contribution in [0.5, 0.6) is 0 Å². The van der Waals surface area contributed by atoms with E-state index in [0.29, 0.717) is 18.5 Å². The summed E-state index contributed by atoms with van der Waals surface area (Å²) < 4.78 is 0. The number of nitrogens with zero attached hydrogens (tertiary/aromatic N) is 3. The van der Waals surface area contributed by atoms with Crippen molar-refractivity contribution in [1.29, 1.82) is 0 Å². The van der Waals surface area contributed by atoms with Crippen molar-refractivity contribution in [3.8, 4) is 0 Å². The minimum atomic E-state index is -0.449. The molecule has 5 heteroatoms. The molecule has 1 amide bonds. The molecule has 0 aliphatic heterocycles. The lowest BCUT2D eigenvalue weighted by Gasteiger charge is -2.00. The SMILES string of the molecule is [N-]=[N+]=NCCC=Cc1ccccc1C(N)=O. The van der Waals surface area contributed by atoms with Gasteiger partial charge < -0.3 is 5.73 Å². The molecular formula is C11H12N4O. The van der Waals surface area contributed by atoms with E-state index in [4.69, 9.17) is 11.3 Å². The Morgan fingerprint density at radius 3 is 2.94 bits per heavy atom. The van der Waals surface area contributed by atoms with Gasteiger partial charge in [-0.05, 0) is 23.6 Å². The molecule has 0 heterocycles. The number of hydrogen-bond acceptors (Lipinski definition) is 2. The lowest BCUT2D eigenvalue weighted by molar-refractivity contribution is 0.1000. The maximum absolute atomic E-state index is 11.1. The van der Waals surface area contributed by atoms with Gasteiger partial charge in [-0.3, -0.25) is 4.79 Å². The lowest BCUT2D eigenvalue weighted by Crippen LogP contribution is -2.12. The van der Waals surface area contributed by atoms with Crippen molar-refractivity contribution in [3.63, 3.8) is 0 Å². The molecule has 1 aromatic rings. The highest BCUT2D eigenvalue weighted by Gasteiger charge is 2.03. The van der Waals surface area contributed by atoms with Crippen molar-refractivity contribution in [2.24, 2.45) is 10.8 Å². The second kappa shape index (κ2) is 6.27. The van der Waals surface area contributed by atoms with Gasteiger partial charge in [0.25, 0.3) is 0 Å². The average molecular weight is 216 g/mol. The summed E-state index contributed by atoms with van der Waals surface area (Å²) >= 11 is 0. The Balaban J connectivity index is 2.72. The van der Waals surface area contributed by atoms with Gasteiger partial charge in [0.15, 0.2) is 0 Å². The van der Waals surface area contributed by atoms with Crippen molar-refractivity contribution >= 4 is 12.0 Å². The summed E-state index contributed by atoms with van der Waals surface area (Å²) in [7, 11) is 0. The molecule has 0 atom stereocenters. The van der Waals surface area contributed by atoms with Gasteiger partial charge in [-0.2, -0.15) is 0 Å². The topological polar surface area (TPSA) is 91.8 Å². The molecule has 0 saturated heterocycles. The van der Waals surface area contributed by atoms with Crippen LogP contribution in [0, 0.1) is 0 Å². The highest BCUT2D eigenvalue weighted by molar-refractivity contribution is 5.96. The third-order valence-corrected chi connectivity index (χ3v) is 1.98. The quantitative estimate of drug-likeness (QED) is 0.348. The van der Waals surface area contributed by atoms with Crippen LogP contribution in [0.2, 0.25) is 0 Å². The van der Waals surface area contributed by atoms with Gasteiger partial charge in [-0.15, -0.1) is 0 Å². The smallest absolute Gasteiger partial charge is 0.249 e. The van der Waals surface area contributed by atoms with Crippen LogP contribution in [-0.4, -0.2) is 12.5 Å². The van der Waals surface area contributed by atoms with Crippen LogP contribution in [0.1, 0.15) is 22.3 Å². The third kappa shape index (κ3) is 3.48. The van der Waals surface area contributed by atoms with Crippen LogP contribution in [0.3, 0.4) is 0 Å². The first kappa shape index (κ1) is 11.8. The Morgan fingerprint density at radius 2 is 2.25 bits per heavy atom. The molecule has 0 unspecified atom stereocenters. The summed E-state index contributed by atoms with van der Waals surface area (Å²) in [6.07, 6.45) is 4.28. The molecule has 2 N–H and O–H groups in total. The summed E-state index contributed by atoms with van der Waals surface area (Å²) in [6.45, 7) is 0.408. The second-order valence-corrected chi connectivity index (χ2v) is 3.10. The number of azide groups is 1. The van der Waals surface area contributed by atoms with E-state index < -0.39 is 5.91 Å². The summed E-state index contributed by atoms with van der Waals surface area (Å²) in [5.41, 5.74) is 14.6. The Kier molecular flexibility index (Phi) is 4.63. The normalized spacial score (nSPS) is 10.0. The van der Waals surface area contributed by atoms with Crippen molar-refractivity contribution in [2.45, 2.75) is 6.42 Å². The Labute approximate surface area is 93.2 Å². The fourth-order valence-corrected chi connectivity index (χ4v) is 1.25. The van der Waals surface area contributed by atoms with Crippen molar-refractivity contribution < 1.29 is 4.79 Å². The van der Waals surface area contributed by atoms with Gasteiger partial charge >= 0.3 is 0 Å². The summed E-state index contributed by atoms with van der Waals surface area (Å²) in [4.78, 5) is 13.7. The average Bonchev–Trinajstić information content (AvgIpc) is 2.29. The molecule has 0 radical (unpaired) electrons. The van der Waals surface area contributed by atoms with E-state index in [0.717, 1.165) is 5.56 Å². The van der Waals surface area contributed by atoms with Crippen LogP contribution in [0.15, 0.2) is 35.5 Å². The number of nitrogens with two attached hydrogens (primary N) is 1. The summed E-state index contributed by atoms with van der Waals surface area (Å²) in [5.74, 6) is -0.449. The minimum Gasteiger partial charge on any atom is -0.366 e. The predicted molar refractivity (Wildman–Crippen MR) is 62.6 cm³/mol. The zero-order valence-corrected chi connectivity index (χ0v) is 8.71. The maximum atomic E-state index is 11.1. The predicted octanol–water partition coefficient (Wildman–Crippen LogP) is 2.50. The van der Waals surface area contributed by atoms with Crippen molar-refractivity contribution in [1.82, 2.24) is 0 Å². The highest BCUT2D eigenvalue weighted by atomic mass is 16.1. The molecule has 82 valence electrons. The van der Waals surface area contributed by atoms with Gasteiger partial charge in [-0.1, -0.05) is 35.5 Å². The molecule has 0 aliphatic rings. The van der Waals surface area contributed by atoms with Gasteiger partial charge in [0.2, 0.25) is 5.91 Å². The lowest BCUT2D eigenvalue weighted by atomic mass is 10.1. The van der Waals surface area contributed by atoms with Crippen LogP contribution >= 0.6 is 0 Å². The number of hydrogen-bond donors (Lipinski definition) is 1. The van der Waals surface area contributed by atoms with Gasteiger partial charge in [0, 0.05) is 17.0 Å². The Bertz CT molecular complexity index is 447. The van der Waals surface area contributed by atoms with Crippen LogP contribution in [-0.2, 0) is 0 Å². The van der Waals surface area contributed by atoms with Crippen LogP contribution in [0.25, 0.3) is 16.5 Å². The van der Waals surface area contributed by atoms with Gasteiger partial charge in [0.1, 0.15) is 0 Å². The zero-order chi connectivity index (χ0) is 11.8. The number of primary amides is 1. The Hall–Kier alpha value is -2.26. The monoisotopic (exact) mass is 216 g/mol. The van der Waals surface area contributed by atoms with Crippen LogP contribution in [0.4, 0.5) is 0 Å². The number of benzene rings is 1. The molecule has 1 rings (SSSR count). The molecular weight excluding hydrogens is 204 g/mol. The van der Waals surface area contributed by atoms with Crippen molar-refractivity contribution in [3.05, 3.63) is 51.9 Å². The molecule has 0 aliphatic carbocycles. The largest absolute Gasteiger partial charge is 0.366 e. The van der Waals surface area contributed by atoms with E-state index in [1.807, 2.05) is 18.2 Å². The standard InChI is InChI=1S/C11H12N4O/c12-11(16)10-7-2-1-5-9(10)6-3-4-8-14-15-13/h1-3,5-7H,4,8H2,(H2,12,16). The van der Waals surface area contributed by atoms with E-state index >= 15 is 0 Å². The first-order chi connectivity index (χ1) is 7.75. The molecule has 0 spiro atoms. The first-order valence-corrected chi connectivity index (χ1v) is 4.82. The summed E-state index contributed by atoms with van der Waals surface area (Å²) in [6, 6.07) is 7.08. The van der Waals surface area contributed by atoms with Gasteiger partial charge in [0.05, 0.1) is 0 Å². The van der Waals surface area contributed by atoms with Crippen LogP contribution < -0.4 is 5.73 Å². The van der Waals surface area contributed by atoms with E-state index in [1.54, 1.807) is 18.2 Å². The fourth-order valence-electron chi connectivity index (χ4n) is 1.25. The molecule has 1 aromatic carbocycles. The third-order valence-electron chi connectivity index (χ3n) is 1.98. The van der Waals surface area contributed by atoms with Crippen molar-refractivity contribution in [2.75, 3.05) is 6.54 Å². The number of amides is 1. The zero-order valence-electron chi connectivity index (χ0n) is 8.71. The van der Waals surface area contributed by atoms with E-state index in [9.17, 15) is 4.79 Å². The number of rotatable bonds is 5. The first-order valence-electron chi connectivity index (χ1n) is 4.82. The molecule has 0 bridgehead atoms. The molecule has 5 nitrogen and oxygen atoms in total. The minimum absolute atomic E-state index is 0.408. The molecule has 16 heavy (non-hydrogen) atoms. The maximum Gasteiger partial charge on any atom is 0.249 e. The summed E-state index contributed by atoms with van der Waals surface area (Å²) in [5, 5.41) is 3.40. The molecule has 0 fully saturated rings. The van der Waals surface area contributed by atoms with E-state index in [1.165, 1.54) is 0 Å². The molecule has 0 aromatic heterocycles. The fraction of sp³-hybridized carbons (Fsp3) is 0.182. The number of carbonyl (C=O) groups is 1.